The number of amides is 1. The zero-order chi connectivity index (χ0) is 22.8. The molecule has 1 amide bonds. The first-order valence-electron chi connectivity index (χ1n) is 11.8. The zero-order valence-electron chi connectivity index (χ0n) is 19.5. The Morgan fingerprint density at radius 2 is 1.88 bits per heavy atom. The molecule has 180 valence electrons. The maximum Gasteiger partial charge on any atom is 0.253 e. The normalized spacial score (nSPS) is 21.6. The number of carbonyl (C=O) groups excluding carboxylic acids is 1. The molecule has 0 bridgehead atoms. The average molecular weight is 450 g/mol. The fourth-order valence-corrected chi connectivity index (χ4v) is 4.08. The molecule has 2 atom stereocenters. The van der Waals surface area contributed by atoms with Crippen LogP contribution in [-0.4, -0.2) is 123 Å². The van der Waals surface area contributed by atoms with Gasteiger partial charge in [0, 0.05) is 57.9 Å². The van der Waals surface area contributed by atoms with E-state index in [0.717, 1.165) is 39.4 Å². The first kappa shape index (κ1) is 25.1. The van der Waals surface area contributed by atoms with Gasteiger partial charge in [-0.2, -0.15) is 0 Å². The van der Waals surface area contributed by atoms with Gasteiger partial charge in [-0.05, 0) is 26.0 Å². The Kier molecular flexibility index (Phi) is 10.4. The van der Waals surface area contributed by atoms with E-state index in [1.54, 1.807) is 0 Å². The molecule has 0 radical (unpaired) electrons. The number of β-amino-alcohol motifs (C(OH)–C–C–N with tert-alkyl or cyclic N) is 1. The van der Waals surface area contributed by atoms with Crippen LogP contribution in [0.1, 0.15) is 24.2 Å². The van der Waals surface area contributed by atoms with E-state index in [1.165, 1.54) is 0 Å². The predicted octanol–water partition coefficient (Wildman–Crippen LogP) is 0.948. The summed E-state index contributed by atoms with van der Waals surface area (Å²) in [6.07, 6.45) is -0.509. The number of nitrogens with zero attached hydrogens (tertiary/aromatic N) is 3. The van der Waals surface area contributed by atoms with E-state index in [-0.39, 0.29) is 18.1 Å². The van der Waals surface area contributed by atoms with Gasteiger partial charge >= 0.3 is 0 Å². The van der Waals surface area contributed by atoms with Crippen molar-refractivity contribution in [2.45, 2.75) is 32.2 Å². The summed E-state index contributed by atoms with van der Waals surface area (Å²) in [5.41, 5.74) is 0.698. The summed E-state index contributed by atoms with van der Waals surface area (Å²) < 4.78 is 17.0. The van der Waals surface area contributed by atoms with Crippen LogP contribution in [0.5, 0.6) is 0 Å². The fraction of sp³-hybridized carbons (Fsp3) is 0.708. The third-order valence-corrected chi connectivity index (χ3v) is 5.84. The summed E-state index contributed by atoms with van der Waals surface area (Å²) in [6, 6.07) is 9.44. The number of morpholine rings is 2. The van der Waals surface area contributed by atoms with Crippen LogP contribution in [0.3, 0.4) is 0 Å². The van der Waals surface area contributed by atoms with Crippen LogP contribution in [0.15, 0.2) is 30.3 Å². The Labute approximate surface area is 192 Å². The molecule has 2 unspecified atom stereocenters. The van der Waals surface area contributed by atoms with Crippen molar-refractivity contribution in [1.82, 2.24) is 14.7 Å². The minimum atomic E-state index is -0.528. The third-order valence-electron chi connectivity index (χ3n) is 5.84. The molecule has 0 aliphatic carbocycles. The first-order chi connectivity index (χ1) is 15.5. The van der Waals surface area contributed by atoms with Gasteiger partial charge in [-0.1, -0.05) is 18.2 Å². The molecule has 3 rings (SSSR count). The van der Waals surface area contributed by atoms with Gasteiger partial charge in [-0.25, -0.2) is 0 Å². The van der Waals surface area contributed by atoms with E-state index in [9.17, 15) is 9.90 Å². The van der Waals surface area contributed by atoms with Gasteiger partial charge in [0.1, 0.15) is 0 Å². The number of carbonyl (C=O) groups is 1. The largest absolute Gasteiger partial charge is 0.389 e. The molecular weight excluding hydrogens is 410 g/mol. The Morgan fingerprint density at radius 1 is 1.16 bits per heavy atom. The van der Waals surface area contributed by atoms with Crippen LogP contribution in [0.25, 0.3) is 0 Å². The minimum Gasteiger partial charge on any atom is -0.389 e. The van der Waals surface area contributed by atoms with Crippen molar-refractivity contribution in [2.75, 3.05) is 78.8 Å². The molecule has 8 heteroatoms. The standard InChI is InChI=1S/C24H39N3O5/c1-20(2)32-19-22(28)16-26-12-15-31-23(17-26)18-27(9-8-25-10-13-30-14-11-25)24(29)21-6-4-3-5-7-21/h3-7,20,22-23,28H,8-19H2,1-2H3. The predicted molar refractivity (Wildman–Crippen MR) is 123 cm³/mol. The fourth-order valence-electron chi connectivity index (χ4n) is 4.08. The summed E-state index contributed by atoms with van der Waals surface area (Å²) in [6.45, 7) is 12.2. The van der Waals surface area contributed by atoms with Crippen LogP contribution >= 0.6 is 0 Å². The number of hydrogen-bond donors (Lipinski definition) is 1. The van der Waals surface area contributed by atoms with Crippen molar-refractivity contribution in [3.05, 3.63) is 35.9 Å². The molecule has 1 aromatic carbocycles. The van der Waals surface area contributed by atoms with Crippen molar-refractivity contribution in [2.24, 2.45) is 0 Å². The number of rotatable bonds is 11. The van der Waals surface area contributed by atoms with Gasteiger partial charge in [0.2, 0.25) is 0 Å². The Hall–Kier alpha value is -1.55. The second kappa shape index (κ2) is 13.2. The van der Waals surface area contributed by atoms with E-state index in [4.69, 9.17) is 14.2 Å². The molecule has 0 spiro atoms. The number of aliphatic hydroxyl groups excluding tert-OH is 1. The van der Waals surface area contributed by atoms with Gasteiger partial charge in [-0.3, -0.25) is 14.6 Å². The van der Waals surface area contributed by atoms with Gasteiger partial charge < -0.3 is 24.2 Å². The molecule has 2 aliphatic heterocycles. The van der Waals surface area contributed by atoms with Gasteiger partial charge in [0.15, 0.2) is 0 Å². The molecule has 2 fully saturated rings. The highest BCUT2D eigenvalue weighted by Crippen LogP contribution is 2.12. The quantitative estimate of drug-likeness (QED) is 0.539. The number of benzene rings is 1. The lowest BCUT2D eigenvalue weighted by Crippen LogP contribution is -2.52. The van der Waals surface area contributed by atoms with E-state index >= 15 is 0 Å². The molecule has 0 aromatic heterocycles. The van der Waals surface area contributed by atoms with E-state index in [2.05, 4.69) is 9.80 Å². The van der Waals surface area contributed by atoms with Crippen LogP contribution in [-0.2, 0) is 14.2 Å². The maximum atomic E-state index is 13.3. The lowest BCUT2D eigenvalue weighted by Gasteiger charge is -2.37. The van der Waals surface area contributed by atoms with E-state index in [0.29, 0.717) is 45.0 Å². The second-order valence-electron chi connectivity index (χ2n) is 8.86. The number of ether oxygens (including phenoxy) is 3. The summed E-state index contributed by atoms with van der Waals surface area (Å²) in [5.74, 6) is 0.0324. The SMILES string of the molecule is CC(C)OCC(O)CN1CCOC(CN(CCN2CCOCC2)C(=O)c2ccccc2)C1. The molecular formula is C24H39N3O5. The molecule has 0 saturated carbocycles. The molecule has 32 heavy (non-hydrogen) atoms. The summed E-state index contributed by atoms with van der Waals surface area (Å²) in [7, 11) is 0. The van der Waals surface area contributed by atoms with Crippen LogP contribution < -0.4 is 0 Å². The topological polar surface area (TPSA) is 74.7 Å². The van der Waals surface area contributed by atoms with Crippen molar-refractivity contribution in [1.29, 1.82) is 0 Å². The van der Waals surface area contributed by atoms with Gasteiger partial charge in [-0.15, -0.1) is 0 Å². The van der Waals surface area contributed by atoms with E-state index < -0.39 is 6.10 Å². The monoisotopic (exact) mass is 449 g/mol. The Balaban J connectivity index is 1.56. The van der Waals surface area contributed by atoms with Gasteiger partial charge in [0.25, 0.3) is 5.91 Å². The van der Waals surface area contributed by atoms with Crippen LogP contribution in [0, 0.1) is 0 Å². The average Bonchev–Trinajstić information content (AvgIpc) is 2.81. The highest BCUT2D eigenvalue weighted by Gasteiger charge is 2.27. The van der Waals surface area contributed by atoms with Crippen molar-refractivity contribution in [3.63, 3.8) is 0 Å². The van der Waals surface area contributed by atoms with Crippen molar-refractivity contribution < 1.29 is 24.1 Å². The maximum absolute atomic E-state index is 13.3. The lowest BCUT2D eigenvalue weighted by atomic mass is 10.1. The third kappa shape index (κ3) is 8.42. The highest BCUT2D eigenvalue weighted by atomic mass is 16.5. The Bertz CT molecular complexity index is 669. The first-order valence-corrected chi connectivity index (χ1v) is 11.8. The number of aliphatic hydroxyl groups is 1. The van der Waals surface area contributed by atoms with Crippen LogP contribution in [0.2, 0.25) is 0 Å². The minimum absolute atomic E-state index is 0.0324. The summed E-state index contributed by atoms with van der Waals surface area (Å²) >= 11 is 0. The Morgan fingerprint density at radius 3 is 2.59 bits per heavy atom. The smallest absolute Gasteiger partial charge is 0.253 e. The lowest BCUT2D eigenvalue weighted by molar-refractivity contribution is -0.0633. The van der Waals surface area contributed by atoms with Crippen molar-refractivity contribution >= 4 is 5.91 Å². The summed E-state index contributed by atoms with van der Waals surface area (Å²) in [5, 5.41) is 10.3. The van der Waals surface area contributed by atoms with E-state index in [1.807, 2.05) is 49.1 Å². The molecule has 1 N–H and O–H groups in total. The second-order valence-corrected chi connectivity index (χ2v) is 8.86. The van der Waals surface area contributed by atoms with Crippen LogP contribution in [0.4, 0.5) is 0 Å². The molecule has 2 aliphatic rings. The molecule has 2 saturated heterocycles. The summed E-state index contributed by atoms with van der Waals surface area (Å²) in [4.78, 5) is 19.7. The molecule has 8 nitrogen and oxygen atoms in total. The number of hydrogen-bond acceptors (Lipinski definition) is 7. The van der Waals surface area contributed by atoms with Gasteiger partial charge in [0.05, 0.1) is 44.7 Å². The molecule has 2 heterocycles. The molecule has 1 aromatic rings. The highest BCUT2D eigenvalue weighted by molar-refractivity contribution is 5.94. The zero-order valence-corrected chi connectivity index (χ0v) is 19.5. The van der Waals surface area contributed by atoms with Crippen molar-refractivity contribution in [3.8, 4) is 0 Å².